The van der Waals surface area contributed by atoms with Crippen LogP contribution >= 0.6 is 0 Å². The summed E-state index contributed by atoms with van der Waals surface area (Å²) in [5, 5.41) is 13.3. The number of nitrogens with one attached hydrogen (secondary N) is 1. The molecule has 1 saturated carbocycles. The van der Waals surface area contributed by atoms with Gasteiger partial charge in [0.2, 0.25) is 0 Å². The Morgan fingerprint density at radius 1 is 1.26 bits per heavy atom. The van der Waals surface area contributed by atoms with Gasteiger partial charge in [0.25, 0.3) is 0 Å². The highest BCUT2D eigenvalue weighted by Crippen LogP contribution is 2.39. The molecule has 0 aromatic heterocycles. The first-order chi connectivity index (χ1) is 9.15. The quantitative estimate of drug-likeness (QED) is 0.775. The lowest BCUT2D eigenvalue weighted by molar-refractivity contribution is 0.0531. The number of rotatable bonds is 6. The van der Waals surface area contributed by atoms with E-state index in [9.17, 15) is 5.11 Å². The highest BCUT2D eigenvalue weighted by molar-refractivity contribution is 4.90. The van der Waals surface area contributed by atoms with Crippen LogP contribution in [0.25, 0.3) is 0 Å². The van der Waals surface area contributed by atoms with Gasteiger partial charge in [0.1, 0.15) is 0 Å². The number of aliphatic hydroxyl groups excluding tert-OH is 1. The minimum atomic E-state index is -0.121. The Kier molecular flexibility index (Phi) is 5.67. The smallest absolute Gasteiger partial charge is 0.0541 e. The van der Waals surface area contributed by atoms with Crippen molar-refractivity contribution in [2.75, 3.05) is 32.7 Å². The number of hydrogen-bond acceptors (Lipinski definition) is 3. The summed E-state index contributed by atoms with van der Waals surface area (Å²) < 4.78 is 0. The molecule has 1 unspecified atom stereocenters. The molecule has 3 heteroatoms. The molecule has 2 rings (SSSR count). The predicted octanol–water partition coefficient (Wildman–Crippen LogP) is 2.25. The first-order valence-electron chi connectivity index (χ1n) is 8.26. The molecule has 0 aromatic rings. The van der Waals surface area contributed by atoms with Gasteiger partial charge >= 0.3 is 0 Å². The maximum absolute atomic E-state index is 9.69. The van der Waals surface area contributed by atoms with E-state index in [-0.39, 0.29) is 6.10 Å². The molecule has 0 radical (unpaired) electrons. The molecule has 1 aliphatic carbocycles. The Hall–Kier alpha value is -0.120. The van der Waals surface area contributed by atoms with Gasteiger partial charge in [0.05, 0.1) is 6.10 Å². The van der Waals surface area contributed by atoms with Gasteiger partial charge < -0.3 is 15.3 Å². The standard InChI is InChI=1S/C16H32N2O/c1-3-17-12-16(8-4-5-9-16)13-18-10-6-15(7-11-18)14(2)19/h14-15,17,19H,3-13H2,1-2H3. The van der Waals surface area contributed by atoms with Crippen LogP contribution in [-0.4, -0.2) is 48.8 Å². The summed E-state index contributed by atoms with van der Waals surface area (Å²) in [5.74, 6) is 0.532. The Labute approximate surface area is 118 Å². The van der Waals surface area contributed by atoms with E-state index >= 15 is 0 Å². The Morgan fingerprint density at radius 2 is 1.89 bits per heavy atom. The van der Waals surface area contributed by atoms with E-state index in [0.717, 1.165) is 6.54 Å². The number of hydrogen-bond donors (Lipinski definition) is 2. The van der Waals surface area contributed by atoms with E-state index in [1.807, 2.05) is 6.92 Å². The van der Waals surface area contributed by atoms with Crippen molar-refractivity contribution in [2.45, 2.75) is 58.5 Å². The summed E-state index contributed by atoms with van der Waals surface area (Å²) >= 11 is 0. The van der Waals surface area contributed by atoms with E-state index in [1.165, 1.54) is 64.7 Å². The molecule has 2 fully saturated rings. The third-order valence-corrected chi connectivity index (χ3v) is 5.29. The number of likely N-dealkylation sites (tertiary alicyclic amines) is 1. The summed E-state index contributed by atoms with van der Waals surface area (Å²) in [6.45, 7) is 10.1. The molecule has 1 heterocycles. The van der Waals surface area contributed by atoms with E-state index in [4.69, 9.17) is 0 Å². The van der Waals surface area contributed by atoms with Crippen LogP contribution in [0.1, 0.15) is 52.4 Å². The van der Waals surface area contributed by atoms with Gasteiger partial charge in [-0.15, -0.1) is 0 Å². The van der Waals surface area contributed by atoms with Crippen molar-refractivity contribution in [1.29, 1.82) is 0 Å². The molecule has 2 N–H and O–H groups in total. The Morgan fingerprint density at radius 3 is 2.42 bits per heavy atom. The van der Waals surface area contributed by atoms with Crippen LogP contribution < -0.4 is 5.32 Å². The van der Waals surface area contributed by atoms with E-state index in [2.05, 4.69) is 17.1 Å². The molecule has 19 heavy (non-hydrogen) atoms. The van der Waals surface area contributed by atoms with Crippen molar-refractivity contribution in [2.24, 2.45) is 11.3 Å². The average Bonchev–Trinajstić information content (AvgIpc) is 2.86. The third kappa shape index (κ3) is 4.17. The lowest BCUT2D eigenvalue weighted by Crippen LogP contribution is -2.46. The summed E-state index contributed by atoms with van der Waals surface area (Å²) in [6, 6.07) is 0. The van der Waals surface area contributed by atoms with Crippen molar-refractivity contribution in [3.63, 3.8) is 0 Å². The van der Waals surface area contributed by atoms with Crippen LogP contribution in [0.2, 0.25) is 0 Å². The molecule has 0 spiro atoms. The van der Waals surface area contributed by atoms with Gasteiger partial charge in [0, 0.05) is 13.1 Å². The van der Waals surface area contributed by atoms with Crippen molar-refractivity contribution in [3.05, 3.63) is 0 Å². The minimum absolute atomic E-state index is 0.121. The Balaban J connectivity index is 1.82. The fourth-order valence-corrected chi connectivity index (χ4v) is 3.97. The first kappa shape index (κ1) is 15.3. The maximum atomic E-state index is 9.69. The SMILES string of the molecule is CCNCC1(CN2CCC(C(C)O)CC2)CCCC1. The molecular weight excluding hydrogens is 236 g/mol. The normalized spacial score (nSPS) is 26.7. The minimum Gasteiger partial charge on any atom is -0.393 e. The molecule has 3 nitrogen and oxygen atoms in total. The van der Waals surface area contributed by atoms with Gasteiger partial charge in [-0.3, -0.25) is 0 Å². The summed E-state index contributed by atoms with van der Waals surface area (Å²) in [7, 11) is 0. The fourth-order valence-electron chi connectivity index (χ4n) is 3.97. The van der Waals surface area contributed by atoms with Crippen molar-refractivity contribution in [3.8, 4) is 0 Å². The van der Waals surface area contributed by atoms with Crippen LogP contribution in [0.4, 0.5) is 0 Å². The molecule has 1 aliphatic heterocycles. The topological polar surface area (TPSA) is 35.5 Å². The maximum Gasteiger partial charge on any atom is 0.0541 e. The summed E-state index contributed by atoms with van der Waals surface area (Å²) in [4.78, 5) is 2.65. The lowest BCUT2D eigenvalue weighted by Gasteiger charge is -2.40. The molecule has 0 bridgehead atoms. The van der Waals surface area contributed by atoms with Gasteiger partial charge in [-0.25, -0.2) is 0 Å². The van der Waals surface area contributed by atoms with Crippen LogP contribution in [0.5, 0.6) is 0 Å². The van der Waals surface area contributed by atoms with Crippen molar-refractivity contribution in [1.82, 2.24) is 10.2 Å². The number of nitrogens with zero attached hydrogens (tertiary/aromatic N) is 1. The zero-order valence-electron chi connectivity index (χ0n) is 12.8. The highest BCUT2D eigenvalue weighted by atomic mass is 16.3. The van der Waals surface area contributed by atoms with Gasteiger partial charge in [-0.2, -0.15) is 0 Å². The molecule has 0 aromatic carbocycles. The van der Waals surface area contributed by atoms with E-state index in [1.54, 1.807) is 0 Å². The molecule has 1 saturated heterocycles. The predicted molar refractivity (Wildman–Crippen MR) is 80.3 cm³/mol. The molecule has 2 aliphatic rings. The summed E-state index contributed by atoms with van der Waals surface area (Å²) in [6.07, 6.45) is 7.85. The second-order valence-corrected chi connectivity index (χ2v) is 6.84. The van der Waals surface area contributed by atoms with Crippen LogP contribution in [0.3, 0.4) is 0 Å². The van der Waals surface area contributed by atoms with Crippen molar-refractivity contribution < 1.29 is 5.11 Å². The number of aliphatic hydroxyl groups is 1. The average molecular weight is 268 g/mol. The Bertz CT molecular complexity index is 253. The largest absolute Gasteiger partial charge is 0.393 e. The zero-order valence-corrected chi connectivity index (χ0v) is 12.8. The van der Waals surface area contributed by atoms with Crippen LogP contribution in [0, 0.1) is 11.3 Å². The third-order valence-electron chi connectivity index (χ3n) is 5.29. The highest BCUT2D eigenvalue weighted by Gasteiger charge is 2.36. The van der Waals surface area contributed by atoms with Crippen molar-refractivity contribution >= 4 is 0 Å². The van der Waals surface area contributed by atoms with E-state index in [0.29, 0.717) is 11.3 Å². The fraction of sp³-hybridized carbons (Fsp3) is 1.00. The molecule has 112 valence electrons. The second-order valence-electron chi connectivity index (χ2n) is 6.84. The van der Waals surface area contributed by atoms with Crippen LogP contribution in [0.15, 0.2) is 0 Å². The number of piperidine rings is 1. The first-order valence-corrected chi connectivity index (χ1v) is 8.26. The monoisotopic (exact) mass is 268 g/mol. The van der Waals surface area contributed by atoms with E-state index < -0.39 is 0 Å². The molecular formula is C16H32N2O. The molecule has 0 amide bonds. The van der Waals surface area contributed by atoms with Gasteiger partial charge in [0.15, 0.2) is 0 Å². The summed E-state index contributed by atoms with van der Waals surface area (Å²) in [5.41, 5.74) is 0.535. The second kappa shape index (κ2) is 7.05. The molecule has 1 atom stereocenters. The zero-order chi connectivity index (χ0) is 13.7. The van der Waals surface area contributed by atoms with Gasteiger partial charge in [-0.05, 0) is 63.6 Å². The lowest BCUT2D eigenvalue weighted by atomic mass is 9.83. The van der Waals surface area contributed by atoms with Gasteiger partial charge in [-0.1, -0.05) is 19.8 Å². The van der Waals surface area contributed by atoms with Crippen LogP contribution in [-0.2, 0) is 0 Å².